The van der Waals surface area contributed by atoms with Gasteiger partial charge in [0.05, 0.1) is 5.52 Å². The van der Waals surface area contributed by atoms with Crippen LogP contribution in [-0.2, 0) is 4.79 Å². The number of nitrogens with one attached hydrogen (secondary N) is 2. The summed E-state index contributed by atoms with van der Waals surface area (Å²) >= 11 is 5.87. The number of rotatable bonds is 4. The molecule has 0 saturated carbocycles. The van der Waals surface area contributed by atoms with Crippen molar-refractivity contribution in [2.75, 3.05) is 11.9 Å². The lowest BCUT2D eigenvalue weighted by Crippen LogP contribution is -2.13. The van der Waals surface area contributed by atoms with Crippen LogP contribution >= 0.6 is 11.6 Å². The summed E-state index contributed by atoms with van der Waals surface area (Å²) in [5.41, 5.74) is 3.11. The standard InChI is InChI=1S/C14H11ClN4O2/c15-14-18-10-6-9(8-4-2-1-3-5-8)17-12(10)13(19-14)16-7-11(20)21/h1-6,17H,7H2,(H,20,21)(H,16,18,19). The van der Waals surface area contributed by atoms with Gasteiger partial charge in [0.2, 0.25) is 5.28 Å². The fourth-order valence-electron chi connectivity index (χ4n) is 2.05. The number of fused-ring (bicyclic) bond motifs is 1. The maximum Gasteiger partial charge on any atom is 0.322 e. The van der Waals surface area contributed by atoms with Crippen LogP contribution < -0.4 is 5.32 Å². The Balaban J connectivity index is 2.08. The molecule has 0 fully saturated rings. The molecule has 0 amide bonds. The zero-order valence-corrected chi connectivity index (χ0v) is 11.6. The second kappa shape index (κ2) is 5.41. The SMILES string of the molecule is O=C(O)CNc1nc(Cl)nc2cc(-c3ccccc3)[nH]c12. The van der Waals surface area contributed by atoms with Gasteiger partial charge in [0.25, 0.3) is 0 Å². The van der Waals surface area contributed by atoms with E-state index in [1.165, 1.54) is 0 Å². The van der Waals surface area contributed by atoms with Gasteiger partial charge in [-0.25, -0.2) is 4.98 Å². The fourth-order valence-corrected chi connectivity index (χ4v) is 2.22. The molecular formula is C14H11ClN4O2. The zero-order valence-electron chi connectivity index (χ0n) is 10.8. The number of carbonyl (C=O) groups is 1. The summed E-state index contributed by atoms with van der Waals surface area (Å²) < 4.78 is 0. The second-order valence-electron chi connectivity index (χ2n) is 4.40. The minimum Gasteiger partial charge on any atom is -0.480 e. The molecule has 21 heavy (non-hydrogen) atoms. The number of hydrogen-bond donors (Lipinski definition) is 3. The first-order chi connectivity index (χ1) is 10.1. The Hall–Kier alpha value is -2.60. The van der Waals surface area contributed by atoms with Crippen molar-refractivity contribution < 1.29 is 9.90 Å². The summed E-state index contributed by atoms with van der Waals surface area (Å²) in [6, 6.07) is 11.6. The maximum absolute atomic E-state index is 10.7. The molecule has 0 unspecified atom stereocenters. The van der Waals surface area contributed by atoms with E-state index < -0.39 is 5.97 Å². The number of aromatic amines is 1. The molecule has 0 aliphatic carbocycles. The topological polar surface area (TPSA) is 90.9 Å². The van der Waals surface area contributed by atoms with Gasteiger partial charge >= 0.3 is 5.97 Å². The summed E-state index contributed by atoms with van der Waals surface area (Å²) in [6.45, 7) is -0.248. The van der Waals surface area contributed by atoms with Crippen molar-refractivity contribution in [2.24, 2.45) is 0 Å². The molecule has 0 spiro atoms. The van der Waals surface area contributed by atoms with Crippen LogP contribution in [0.5, 0.6) is 0 Å². The Morgan fingerprint density at radius 2 is 2.05 bits per heavy atom. The highest BCUT2D eigenvalue weighted by Gasteiger charge is 2.12. The first kappa shape index (κ1) is 13.4. The number of carboxylic acid groups (broad SMARTS) is 1. The summed E-state index contributed by atoms with van der Waals surface area (Å²) in [7, 11) is 0. The molecule has 0 atom stereocenters. The molecule has 0 aliphatic rings. The number of anilines is 1. The van der Waals surface area contributed by atoms with Gasteiger partial charge in [-0.05, 0) is 23.2 Å². The molecule has 3 rings (SSSR count). The monoisotopic (exact) mass is 302 g/mol. The van der Waals surface area contributed by atoms with Crippen LogP contribution in [0, 0.1) is 0 Å². The van der Waals surface area contributed by atoms with Crippen LogP contribution in [0.2, 0.25) is 5.28 Å². The number of hydrogen-bond acceptors (Lipinski definition) is 4. The Labute approximate surface area is 124 Å². The molecule has 2 aromatic heterocycles. The number of carboxylic acids is 1. The molecule has 7 heteroatoms. The molecule has 3 aromatic rings. The van der Waals surface area contributed by atoms with Crippen molar-refractivity contribution in [2.45, 2.75) is 0 Å². The van der Waals surface area contributed by atoms with Crippen molar-refractivity contribution in [3.63, 3.8) is 0 Å². The van der Waals surface area contributed by atoms with E-state index in [-0.39, 0.29) is 11.8 Å². The number of nitrogens with zero attached hydrogens (tertiary/aromatic N) is 2. The maximum atomic E-state index is 10.7. The Kier molecular flexibility index (Phi) is 3.45. The summed E-state index contributed by atoms with van der Waals surface area (Å²) in [6.07, 6.45) is 0. The van der Waals surface area contributed by atoms with Gasteiger partial charge in [0.15, 0.2) is 5.82 Å². The highest BCUT2D eigenvalue weighted by Crippen LogP contribution is 2.27. The van der Waals surface area contributed by atoms with Crippen molar-refractivity contribution in [1.29, 1.82) is 0 Å². The lowest BCUT2D eigenvalue weighted by atomic mass is 10.2. The van der Waals surface area contributed by atoms with E-state index >= 15 is 0 Å². The van der Waals surface area contributed by atoms with E-state index in [9.17, 15) is 4.79 Å². The van der Waals surface area contributed by atoms with E-state index in [1.807, 2.05) is 36.4 Å². The second-order valence-corrected chi connectivity index (χ2v) is 4.74. The molecule has 0 radical (unpaired) electrons. The Bertz CT molecular complexity index is 801. The normalized spacial score (nSPS) is 10.7. The minimum atomic E-state index is -0.979. The van der Waals surface area contributed by atoms with E-state index in [2.05, 4.69) is 20.3 Å². The average Bonchev–Trinajstić information content (AvgIpc) is 2.89. The van der Waals surface area contributed by atoms with E-state index in [1.54, 1.807) is 0 Å². The number of H-pyrrole nitrogens is 1. The summed E-state index contributed by atoms with van der Waals surface area (Å²) in [5.74, 6) is -0.609. The van der Waals surface area contributed by atoms with Gasteiger partial charge in [0.1, 0.15) is 12.1 Å². The smallest absolute Gasteiger partial charge is 0.322 e. The molecule has 106 valence electrons. The largest absolute Gasteiger partial charge is 0.480 e. The lowest BCUT2D eigenvalue weighted by molar-refractivity contribution is -0.134. The Morgan fingerprint density at radius 3 is 2.76 bits per heavy atom. The molecule has 1 aromatic carbocycles. The van der Waals surface area contributed by atoms with Crippen LogP contribution in [0.3, 0.4) is 0 Å². The molecule has 2 heterocycles. The molecule has 0 bridgehead atoms. The average molecular weight is 303 g/mol. The molecular weight excluding hydrogens is 292 g/mol. The first-order valence-corrected chi connectivity index (χ1v) is 6.58. The zero-order chi connectivity index (χ0) is 14.8. The van der Waals surface area contributed by atoms with Crippen LogP contribution in [0.25, 0.3) is 22.3 Å². The van der Waals surface area contributed by atoms with Crippen molar-refractivity contribution in [3.8, 4) is 11.3 Å². The van der Waals surface area contributed by atoms with Crippen molar-refractivity contribution in [3.05, 3.63) is 41.7 Å². The number of halogens is 1. The molecule has 3 N–H and O–H groups in total. The van der Waals surface area contributed by atoms with Crippen LogP contribution in [0.1, 0.15) is 0 Å². The predicted molar refractivity (Wildman–Crippen MR) is 80.5 cm³/mol. The van der Waals surface area contributed by atoms with Crippen molar-refractivity contribution >= 4 is 34.4 Å². The number of benzene rings is 1. The van der Waals surface area contributed by atoms with Gasteiger partial charge in [-0.2, -0.15) is 4.98 Å². The van der Waals surface area contributed by atoms with Crippen LogP contribution in [0.4, 0.5) is 5.82 Å². The Morgan fingerprint density at radius 1 is 1.29 bits per heavy atom. The summed E-state index contributed by atoms with van der Waals surface area (Å²) in [4.78, 5) is 22.0. The first-order valence-electron chi connectivity index (χ1n) is 6.21. The van der Waals surface area contributed by atoms with Gasteiger partial charge < -0.3 is 15.4 Å². The van der Waals surface area contributed by atoms with Gasteiger partial charge in [-0.15, -0.1) is 0 Å². The van der Waals surface area contributed by atoms with E-state index in [0.29, 0.717) is 16.9 Å². The molecule has 6 nitrogen and oxygen atoms in total. The fraction of sp³-hybridized carbons (Fsp3) is 0.0714. The third-order valence-electron chi connectivity index (χ3n) is 2.94. The van der Waals surface area contributed by atoms with Gasteiger partial charge in [-0.1, -0.05) is 30.3 Å². The lowest BCUT2D eigenvalue weighted by Gasteiger charge is -2.04. The summed E-state index contributed by atoms with van der Waals surface area (Å²) in [5, 5.41) is 11.5. The van der Waals surface area contributed by atoms with E-state index in [4.69, 9.17) is 16.7 Å². The third kappa shape index (κ3) is 2.80. The highest BCUT2D eigenvalue weighted by molar-refractivity contribution is 6.28. The van der Waals surface area contributed by atoms with Gasteiger partial charge in [-0.3, -0.25) is 4.79 Å². The quantitative estimate of drug-likeness (QED) is 0.645. The molecule has 0 saturated heterocycles. The van der Waals surface area contributed by atoms with Crippen molar-refractivity contribution in [1.82, 2.24) is 15.0 Å². The predicted octanol–water partition coefficient (Wildman–Crippen LogP) is 2.77. The molecule has 0 aliphatic heterocycles. The number of aromatic nitrogens is 3. The van der Waals surface area contributed by atoms with Gasteiger partial charge in [0, 0.05) is 5.69 Å². The minimum absolute atomic E-state index is 0.0639. The van der Waals surface area contributed by atoms with Crippen LogP contribution in [0.15, 0.2) is 36.4 Å². The highest BCUT2D eigenvalue weighted by atomic mass is 35.5. The van der Waals surface area contributed by atoms with E-state index in [0.717, 1.165) is 11.3 Å². The third-order valence-corrected chi connectivity index (χ3v) is 3.11. The number of aliphatic carboxylic acids is 1. The van der Waals surface area contributed by atoms with Crippen LogP contribution in [-0.4, -0.2) is 32.6 Å².